The second kappa shape index (κ2) is 7.83. The fourth-order valence-corrected chi connectivity index (χ4v) is 5.47. The summed E-state index contributed by atoms with van der Waals surface area (Å²) < 4.78 is 0. The predicted molar refractivity (Wildman–Crippen MR) is 113 cm³/mol. The maximum absolute atomic E-state index is 12.7. The third kappa shape index (κ3) is 3.87. The van der Waals surface area contributed by atoms with Crippen LogP contribution in [0.5, 0.6) is 0 Å². The van der Waals surface area contributed by atoms with E-state index in [1.54, 1.807) is 18.2 Å². The van der Waals surface area contributed by atoms with Crippen LogP contribution >= 0.6 is 34.5 Å². The number of anilines is 1. The van der Waals surface area contributed by atoms with Crippen molar-refractivity contribution in [2.24, 2.45) is 11.3 Å². The molecule has 0 bridgehead atoms. The first-order valence-electron chi connectivity index (χ1n) is 9.08. The van der Waals surface area contributed by atoms with Crippen LogP contribution in [-0.4, -0.2) is 5.91 Å². The summed E-state index contributed by atoms with van der Waals surface area (Å²) in [5.41, 5.74) is 2.18. The Balaban J connectivity index is 1.91. The second-order valence-corrected chi connectivity index (χ2v) is 9.57. The lowest BCUT2D eigenvalue weighted by molar-refractivity contribution is 0.102. The summed E-state index contributed by atoms with van der Waals surface area (Å²) >= 11 is 13.8. The number of amides is 1. The highest BCUT2D eigenvalue weighted by Crippen LogP contribution is 2.45. The Hall–Kier alpha value is -1.54. The number of nitrogens with one attached hydrogen (secondary N) is 1. The number of hydrogen-bond acceptors (Lipinski definition) is 3. The van der Waals surface area contributed by atoms with Crippen molar-refractivity contribution in [3.05, 3.63) is 49.8 Å². The van der Waals surface area contributed by atoms with E-state index in [2.05, 4.69) is 32.2 Å². The lowest BCUT2D eigenvalue weighted by Gasteiger charge is -2.36. The lowest BCUT2D eigenvalue weighted by atomic mass is 9.69. The van der Waals surface area contributed by atoms with Gasteiger partial charge in [-0.15, -0.1) is 11.3 Å². The maximum Gasteiger partial charge on any atom is 0.259 e. The first-order valence-corrected chi connectivity index (χ1v) is 10.7. The van der Waals surface area contributed by atoms with E-state index in [1.165, 1.54) is 16.2 Å². The molecule has 27 heavy (non-hydrogen) atoms. The van der Waals surface area contributed by atoms with Gasteiger partial charge < -0.3 is 5.32 Å². The topological polar surface area (TPSA) is 52.9 Å². The Morgan fingerprint density at radius 3 is 2.63 bits per heavy atom. The molecule has 1 unspecified atom stereocenters. The van der Waals surface area contributed by atoms with Crippen LogP contribution in [0, 0.1) is 22.7 Å². The third-order valence-corrected chi connectivity index (χ3v) is 7.61. The largest absolute Gasteiger partial charge is 0.312 e. The molecule has 0 aliphatic heterocycles. The van der Waals surface area contributed by atoms with Gasteiger partial charge in [-0.25, -0.2) is 0 Å². The fourth-order valence-electron chi connectivity index (χ4n) is 3.63. The van der Waals surface area contributed by atoms with Crippen LogP contribution in [0.15, 0.2) is 18.2 Å². The number of fused-ring (bicyclic) bond motifs is 1. The number of hydrogen-bond donors (Lipinski definition) is 1. The summed E-state index contributed by atoms with van der Waals surface area (Å²) in [4.78, 5) is 13.9. The number of rotatable bonds is 4. The Labute approximate surface area is 174 Å². The Kier molecular flexibility index (Phi) is 5.86. The average Bonchev–Trinajstić information content (AvgIpc) is 2.97. The minimum absolute atomic E-state index is 0.237. The van der Waals surface area contributed by atoms with E-state index in [0.29, 0.717) is 26.5 Å². The molecule has 3 nitrogen and oxygen atoms in total. The molecule has 2 aromatic rings. The molecule has 1 aromatic carbocycles. The fraction of sp³-hybridized carbons (Fsp3) is 0.429. The van der Waals surface area contributed by atoms with E-state index >= 15 is 0 Å². The van der Waals surface area contributed by atoms with E-state index in [1.807, 2.05) is 0 Å². The molecule has 1 atom stereocenters. The summed E-state index contributed by atoms with van der Waals surface area (Å²) in [6.07, 6.45) is 4.03. The number of benzene rings is 1. The lowest BCUT2D eigenvalue weighted by Crippen LogP contribution is -2.28. The molecule has 1 aliphatic carbocycles. The predicted octanol–water partition coefficient (Wildman–Crippen LogP) is 6.72. The van der Waals surface area contributed by atoms with Crippen molar-refractivity contribution in [3.8, 4) is 6.07 Å². The van der Waals surface area contributed by atoms with Crippen LogP contribution in [0.2, 0.25) is 10.0 Å². The van der Waals surface area contributed by atoms with E-state index in [4.69, 9.17) is 23.2 Å². The zero-order chi connectivity index (χ0) is 19.8. The molecule has 0 saturated carbocycles. The zero-order valence-electron chi connectivity index (χ0n) is 15.7. The van der Waals surface area contributed by atoms with Gasteiger partial charge in [-0.2, -0.15) is 5.26 Å². The van der Waals surface area contributed by atoms with Gasteiger partial charge in [-0.1, -0.05) is 56.5 Å². The Bertz CT molecular complexity index is 907. The average molecular weight is 421 g/mol. The van der Waals surface area contributed by atoms with Crippen LogP contribution in [0.3, 0.4) is 0 Å². The molecular weight excluding hydrogens is 399 g/mol. The molecule has 1 aromatic heterocycles. The summed E-state index contributed by atoms with van der Waals surface area (Å²) in [5, 5.41) is 13.7. The number of carbonyl (C=O) groups is 1. The molecule has 1 N–H and O–H groups in total. The zero-order valence-corrected chi connectivity index (χ0v) is 18.0. The van der Waals surface area contributed by atoms with Gasteiger partial charge in [0.2, 0.25) is 0 Å². The smallest absolute Gasteiger partial charge is 0.259 e. The molecule has 6 heteroatoms. The van der Waals surface area contributed by atoms with Crippen molar-refractivity contribution >= 4 is 45.4 Å². The molecule has 142 valence electrons. The second-order valence-electron chi connectivity index (χ2n) is 7.65. The first-order chi connectivity index (χ1) is 12.8. The SMILES string of the molecule is CCC(C)(C)C1CCc2c(sc(NC(=O)c3c(Cl)cccc3Cl)c2C#N)C1. The van der Waals surface area contributed by atoms with E-state index < -0.39 is 0 Å². The van der Waals surface area contributed by atoms with Gasteiger partial charge in [-0.3, -0.25) is 4.79 Å². The molecule has 0 radical (unpaired) electrons. The molecule has 0 spiro atoms. The van der Waals surface area contributed by atoms with Crippen LogP contribution in [0.4, 0.5) is 5.00 Å². The monoisotopic (exact) mass is 420 g/mol. The summed E-state index contributed by atoms with van der Waals surface area (Å²) in [6.45, 7) is 6.84. The quantitative estimate of drug-likeness (QED) is 0.596. The van der Waals surface area contributed by atoms with Gasteiger partial charge >= 0.3 is 0 Å². The first kappa shape index (κ1) is 20.2. The van der Waals surface area contributed by atoms with Crippen molar-refractivity contribution in [1.29, 1.82) is 5.26 Å². The van der Waals surface area contributed by atoms with E-state index in [-0.39, 0.29) is 16.9 Å². The number of thiophene rings is 1. The number of carbonyl (C=O) groups excluding carboxylic acids is 1. The molecular formula is C21H22Cl2N2OS. The molecule has 1 amide bonds. The molecule has 0 fully saturated rings. The summed E-state index contributed by atoms with van der Waals surface area (Å²) in [7, 11) is 0. The van der Waals surface area contributed by atoms with Crippen molar-refractivity contribution in [3.63, 3.8) is 0 Å². The molecule has 0 saturated heterocycles. The highest BCUT2D eigenvalue weighted by molar-refractivity contribution is 7.16. The molecule has 1 heterocycles. The Morgan fingerprint density at radius 1 is 1.37 bits per heavy atom. The van der Waals surface area contributed by atoms with Crippen molar-refractivity contribution in [2.75, 3.05) is 5.32 Å². The van der Waals surface area contributed by atoms with E-state index in [0.717, 1.165) is 31.2 Å². The van der Waals surface area contributed by atoms with Crippen LogP contribution < -0.4 is 5.32 Å². The Morgan fingerprint density at radius 2 is 2.04 bits per heavy atom. The number of nitrogens with zero attached hydrogens (tertiary/aromatic N) is 1. The van der Waals surface area contributed by atoms with Crippen LogP contribution in [-0.2, 0) is 12.8 Å². The number of nitriles is 1. The van der Waals surface area contributed by atoms with Gasteiger partial charge in [-0.05, 0) is 48.3 Å². The number of halogens is 2. The van der Waals surface area contributed by atoms with Crippen molar-refractivity contribution in [2.45, 2.75) is 46.5 Å². The molecule has 3 rings (SSSR count). The highest BCUT2D eigenvalue weighted by atomic mass is 35.5. The van der Waals surface area contributed by atoms with Crippen molar-refractivity contribution < 1.29 is 4.79 Å². The summed E-state index contributed by atoms with van der Waals surface area (Å²) in [6, 6.07) is 7.24. The standard InChI is InChI=1S/C21H22Cl2N2OS/c1-4-21(2,3)12-8-9-13-14(11-24)20(27-17(13)10-12)25-19(26)18-15(22)6-5-7-16(18)23/h5-7,12H,4,8-10H2,1-3H3,(H,25,26). The highest BCUT2D eigenvalue weighted by Gasteiger charge is 2.34. The third-order valence-electron chi connectivity index (χ3n) is 5.81. The van der Waals surface area contributed by atoms with Gasteiger partial charge in [0.1, 0.15) is 11.1 Å². The minimum atomic E-state index is -0.383. The normalized spacial score (nSPS) is 16.5. The van der Waals surface area contributed by atoms with Gasteiger partial charge in [0, 0.05) is 4.88 Å². The van der Waals surface area contributed by atoms with E-state index in [9.17, 15) is 10.1 Å². The minimum Gasteiger partial charge on any atom is -0.312 e. The van der Waals surface area contributed by atoms with Gasteiger partial charge in [0.05, 0.1) is 21.2 Å². The summed E-state index contributed by atoms with van der Waals surface area (Å²) in [5.74, 6) is 0.202. The maximum atomic E-state index is 12.7. The molecule has 1 aliphatic rings. The van der Waals surface area contributed by atoms with Gasteiger partial charge in [0.25, 0.3) is 5.91 Å². The van der Waals surface area contributed by atoms with Crippen LogP contribution in [0.25, 0.3) is 0 Å². The van der Waals surface area contributed by atoms with Crippen molar-refractivity contribution in [1.82, 2.24) is 0 Å². The van der Waals surface area contributed by atoms with Crippen LogP contribution in [0.1, 0.15) is 60.0 Å². The van der Waals surface area contributed by atoms with Gasteiger partial charge in [0.15, 0.2) is 0 Å².